The van der Waals surface area contributed by atoms with Gasteiger partial charge in [-0.15, -0.1) is 0 Å². The van der Waals surface area contributed by atoms with E-state index in [0.717, 1.165) is 24.5 Å². The van der Waals surface area contributed by atoms with Crippen LogP contribution in [0, 0.1) is 12.7 Å². The van der Waals surface area contributed by atoms with E-state index in [4.69, 9.17) is 0 Å². The fourth-order valence-corrected chi connectivity index (χ4v) is 2.18. The summed E-state index contributed by atoms with van der Waals surface area (Å²) in [5.41, 5.74) is 2.28. The smallest absolute Gasteiger partial charge is 0.123 e. The second kappa shape index (κ2) is 5.13. The molecule has 1 aromatic carbocycles. The Balaban J connectivity index is 1.74. The summed E-state index contributed by atoms with van der Waals surface area (Å²) in [6, 6.07) is 7.35. The third-order valence-electron chi connectivity index (χ3n) is 3.54. The Hall–Kier alpha value is -1.68. The molecule has 1 heterocycles. The maximum absolute atomic E-state index is 12.9. The van der Waals surface area contributed by atoms with Crippen molar-refractivity contribution in [3.8, 4) is 0 Å². The number of imidazole rings is 1. The summed E-state index contributed by atoms with van der Waals surface area (Å²) in [6.07, 6.45) is 4.49. The molecule has 0 saturated heterocycles. The van der Waals surface area contributed by atoms with E-state index in [1.165, 1.54) is 30.7 Å². The molecule has 0 unspecified atom stereocenters. The Labute approximate surface area is 112 Å². The van der Waals surface area contributed by atoms with Crippen molar-refractivity contribution in [2.75, 3.05) is 0 Å². The summed E-state index contributed by atoms with van der Waals surface area (Å²) < 4.78 is 15.1. The predicted octanol–water partition coefficient (Wildman–Crippen LogP) is 2.63. The van der Waals surface area contributed by atoms with E-state index in [2.05, 4.69) is 14.9 Å². The van der Waals surface area contributed by atoms with Gasteiger partial charge in [0.1, 0.15) is 11.6 Å². The summed E-state index contributed by atoms with van der Waals surface area (Å²) in [7, 11) is 0. The highest BCUT2D eigenvalue weighted by Gasteiger charge is 2.20. The van der Waals surface area contributed by atoms with Gasteiger partial charge < -0.3 is 9.88 Å². The van der Waals surface area contributed by atoms with Crippen LogP contribution in [0.4, 0.5) is 4.39 Å². The van der Waals surface area contributed by atoms with E-state index >= 15 is 0 Å². The summed E-state index contributed by atoms with van der Waals surface area (Å²) in [6.45, 7) is 3.60. The highest BCUT2D eigenvalue weighted by atomic mass is 19.1. The number of halogens is 1. The molecule has 100 valence electrons. The van der Waals surface area contributed by atoms with Gasteiger partial charge in [-0.05, 0) is 37.5 Å². The van der Waals surface area contributed by atoms with E-state index in [0.29, 0.717) is 6.04 Å². The molecule has 0 amide bonds. The maximum Gasteiger partial charge on any atom is 0.123 e. The van der Waals surface area contributed by atoms with E-state index < -0.39 is 0 Å². The van der Waals surface area contributed by atoms with E-state index in [1.54, 1.807) is 0 Å². The van der Waals surface area contributed by atoms with Gasteiger partial charge in [0, 0.05) is 25.3 Å². The van der Waals surface area contributed by atoms with Gasteiger partial charge in [0.2, 0.25) is 0 Å². The molecule has 3 rings (SSSR count). The van der Waals surface area contributed by atoms with E-state index in [1.807, 2.05) is 25.3 Å². The van der Waals surface area contributed by atoms with Crippen LogP contribution in [0.1, 0.15) is 29.9 Å². The Morgan fingerprint density at radius 1 is 1.32 bits per heavy atom. The van der Waals surface area contributed by atoms with Gasteiger partial charge in [-0.25, -0.2) is 9.37 Å². The van der Waals surface area contributed by atoms with Crippen molar-refractivity contribution >= 4 is 0 Å². The molecule has 1 N–H and O–H groups in total. The van der Waals surface area contributed by atoms with Crippen LogP contribution in [-0.2, 0) is 13.1 Å². The zero-order chi connectivity index (χ0) is 13.2. The third kappa shape index (κ3) is 3.01. The largest absolute Gasteiger partial charge is 0.327 e. The van der Waals surface area contributed by atoms with Crippen LogP contribution < -0.4 is 5.32 Å². The van der Waals surface area contributed by atoms with Crippen LogP contribution in [0.3, 0.4) is 0 Å². The number of nitrogens with one attached hydrogen (secondary N) is 1. The summed E-state index contributed by atoms with van der Waals surface area (Å²) in [5.74, 6) is 0.804. The molecule has 1 aliphatic rings. The van der Waals surface area contributed by atoms with Gasteiger partial charge in [0.15, 0.2) is 0 Å². The van der Waals surface area contributed by atoms with Crippen LogP contribution in [-0.4, -0.2) is 15.6 Å². The molecule has 19 heavy (non-hydrogen) atoms. The zero-order valence-corrected chi connectivity index (χ0v) is 11.1. The molecule has 1 aromatic heterocycles. The Morgan fingerprint density at radius 2 is 2.05 bits per heavy atom. The Bertz CT molecular complexity index is 555. The lowest BCUT2D eigenvalue weighted by molar-refractivity contribution is 0.618. The second-order valence-electron chi connectivity index (χ2n) is 5.16. The molecule has 0 aliphatic heterocycles. The molecule has 0 bridgehead atoms. The highest BCUT2D eigenvalue weighted by Crippen LogP contribution is 2.19. The first-order valence-electron chi connectivity index (χ1n) is 6.71. The topological polar surface area (TPSA) is 29.9 Å². The number of hydrogen-bond acceptors (Lipinski definition) is 2. The molecule has 3 nitrogen and oxygen atoms in total. The van der Waals surface area contributed by atoms with Gasteiger partial charge in [-0.2, -0.15) is 0 Å². The molecular formula is C15H18FN3. The van der Waals surface area contributed by atoms with Crippen LogP contribution >= 0.6 is 0 Å². The predicted molar refractivity (Wildman–Crippen MR) is 72.3 cm³/mol. The normalized spacial score (nSPS) is 14.8. The molecule has 0 spiro atoms. The van der Waals surface area contributed by atoms with E-state index in [9.17, 15) is 4.39 Å². The molecule has 4 heteroatoms. The zero-order valence-electron chi connectivity index (χ0n) is 11.1. The number of aromatic nitrogens is 2. The highest BCUT2D eigenvalue weighted by molar-refractivity contribution is 5.18. The minimum Gasteiger partial charge on any atom is -0.327 e. The van der Waals surface area contributed by atoms with Gasteiger partial charge >= 0.3 is 0 Å². The number of benzene rings is 1. The molecule has 1 aliphatic carbocycles. The van der Waals surface area contributed by atoms with Crippen molar-refractivity contribution in [2.45, 2.75) is 38.9 Å². The van der Waals surface area contributed by atoms with Gasteiger partial charge in [0.05, 0.1) is 5.69 Å². The fourth-order valence-electron chi connectivity index (χ4n) is 2.18. The van der Waals surface area contributed by atoms with Crippen LogP contribution in [0.2, 0.25) is 0 Å². The third-order valence-corrected chi connectivity index (χ3v) is 3.54. The quantitative estimate of drug-likeness (QED) is 0.894. The standard InChI is InChI=1S/C15H18FN3/c1-11-17-8-15(9-18-14-6-7-14)19(11)10-12-2-4-13(16)5-3-12/h2-5,8,14,18H,6-7,9-10H2,1H3. The molecule has 2 aromatic rings. The number of rotatable bonds is 5. The molecule has 1 fully saturated rings. The van der Waals surface area contributed by atoms with Gasteiger partial charge in [0.25, 0.3) is 0 Å². The van der Waals surface area contributed by atoms with Gasteiger partial charge in [-0.3, -0.25) is 0 Å². The van der Waals surface area contributed by atoms with Crippen LogP contribution in [0.5, 0.6) is 0 Å². The lowest BCUT2D eigenvalue weighted by atomic mass is 10.2. The first-order chi connectivity index (χ1) is 9.22. The van der Waals surface area contributed by atoms with Gasteiger partial charge in [-0.1, -0.05) is 12.1 Å². The first-order valence-corrected chi connectivity index (χ1v) is 6.71. The van der Waals surface area contributed by atoms with Crippen molar-refractivity contribution < 1.29 is 4.39 Å². The Morgan fingerprint density at radius 3 is 2.74 bits per heavy atom. The SMILES string of the molecule is Cc1ncc(CNC2CC2)n1Cc1ccc(F)cc1. The monoisotopic (exact) mass is 259 g/mol. The average molecular weight is 259 g/mol. The van der Waals surface area contributed by atoms with Crippen LogP contribution in [0.15, 0.2) is 30.5 Å². The number of nitrogens with zero attached hydrogens (tertiary/aromatic N) is 2. The van der Waals surface area contributed by atoms with Crippen molar-refractivity contribution in [1.29, 1.82) is 0 Å². The minimum atomic E-state index is -0.193. The molecule has 1 saturated carbocycles. The van der Waals surface area contributed by atoms with Crippen molar-refractivity contribution in [2.24, 2.45) is 0 Å². The summed E-state index contributed by atoms with van der Waals surface area (Å²) in [5, 5.41) is 3.50. The maximum atomic E-state index is 12.9. The summed E-state index contributed by atoms with van der Waals surface area (Å²) >= 11 is 0. The van der Waals surface area contributed by atoms with Crippen molar-refractivity contribution in [3.05, 3.63) is 53.4 Å². The lowest BCUT2D eigenvalue weighted by Gasteiger charge is -2.11. The number of aryl methyl sites for hydroxylation is 1. The molecule has 0 atom stereocenters. The second-order valence-corrected chi connectivity index (χ2v) is 5.16. The van der Waals surface area contributed by atoms with Crippen molar-refractivity contribution in [3.63, 3.8) is 0 Å². The number of hydrogen-bond donors (Lipinski definition) is 1. The fraction of sp³-hybridized carbons (Fsp3) is 0.400. The average Bonchev–Trinajstić information content (AvgIpc) is 3.17. The summed E-state index contributed by atoms with van der Waals surface area (Å²) in [4.78, 5) is 4.38. The van der Waals surface area contributed by atoms with Crippen LogP contribution in [0.25, 0.3) is 0 Å². The molecular weight excluding hydrogens is 241 g/mol. The Kier molecular flexibility index (Phi) is 3.34. The first kappa shape index (κ1) is 12.4. The lowest BCUT2D eigenvalue weighted by Crippen LogP contribution is -2.18. The van der Waals surface area contributed by atoms with E-state index in [-0.39, 0.29) is 5.82 Å². The minimum absolute atomic E-state index is 0.193. The van der Waals surface area contributed by atoms with Crippen molar-refractivity contribution in [1.82, 2.24) is 14.9 Å². The molecule has 0 radical (unpaired) electrons.